The number of aliphatic hydroxyl groups is 1. The van der Waals surface area contributed by atoms with Gasteiger partial charge < -0.3 is 10.0 Å². The van der Waals surface area contributed by atoms with Gasteiger partial charge in [-0.05, 0) is 46.8 Å². The maximum Gasteiger partial charge on any atom is 0.102 e. The van der Waals surface area contributed by atoms with E-state index in [-0.39, 0.29) is 0 Å². The Morgan fingerprint density at radius 1 is 1.53 bits per heavy atom. The van der Waals surface area contributed by atoms with Crippen molar-refractivity contribution >= 4 is 27.3 Å². The van der Waals surface area contributed by atoms with E-state index in [1.54, 1.807) is 11.3 Å². The Hall–Kier alpha value is 0.100. The Morgan fingerprint density at radius 3 is 2.67 bits per heavy atom. The Bertz CT molecular complexity index is 331. The topological polar surface area (TPSA) is 23.5 Å². The summed E-state index contributed by atoms with van der Waals surface area (Å²) in [6.45, 7) is 5.25. The van der Waals surface area contributed by atoms with Crippen LogP contribution in [0.4, 0.5) is 0 Å². The summed E-state index contributed by atoms with van der Waals surface area (Å²) in [6.07, 6.45) is 1.69. The monoisotopic (exact) mass is 289 g/mol. The molecule has 2 nitrogen and oxygen atoms in total. The molecule has 1 saturated heterocycles. The van der Waals surface area contributed by atoms with E-state index >= 15 is 0 Å². The molecule has 1 N–H and O–H groups in total. The molecule has 1 aliphatic heterocycles. The Balaban J connectivity index is 2.13. The van der Waals surface area contributed by atoms with Crippen molar-refractivity contribution in [2.45, 2.75) is 25.4 Å². The highest BCUT2D eigenvalue weighted by molar-refractivity contribution is 9.10. The highest BCUT2D eigenvalue weighted by Crippen LogP contribution is 2.40. The molecular formula is C11H16BrNOS. The normalized spacial score (nSPS) is 21.8. The Labute approximate surface area is 103 Å². The van der Waals surface area contributed by atoms with E-state index in [4.69, 9.17) is 0 Å². The second-order valence-electron chi connectivity index (χ2n) is 4.06. The molecule has 0 spiro atoms. The molecule has 1 aromatic rings. The van der Waals surface area contributed by atoms with Crippen LogP contribution in [0.5, 0.6) is 0 Å². The van der Waals surface area contributed by atoms with Gasteiger partial charge in [0, 0.05) is 17.6 Å². The van der Waals surface area contributed by atoms with Gasteiger partial charge in [-0.3, -0.25) is 0 Å². The molecule has 1 aliphatic rings. The van der Waals surface area contributed by atoms with Gasteiger partial charge in [0.25, 0.3) is 0 Å². The average molecular weight is 290 g/mol. The van der Waals surface area contributed by atoms with Gasteiger partial charge in [0.2, 0.25) is 0 Å². The summed E-state index contributed by atoms with van der Waals surface area (Å²) < 4.78 is 1.06. The van der Waals surface area contributed by atoms with E-state index in [1.165, 1.54) is 0 Å². The van der Waals surface area contributed by atoms with Crippen molar-refractivity contribution in [2.75, 3.05) is 19.6 Å². The summed E-state index contributed by atoms with van der Waals surface area (Å²) in [5.41, 5.74) is -0.599. The molecule has 0 amide bonds. The molecule has 15 heavy (non-hydrogen) atoms. The molecule has 2 heterocycles. The number of likely N-dealkylation sites (tertiary alicyclic amines) is 1. The van der Waals surface area contributed by atoms with Crippen LogP contribution in [0, 0.1) is 0 Å². The molecule has 2 rings (SSSR count). The summed E-state index contributed by atoms with van der Waals surface area (Å²) >= 11 is 5.15. The molecule has 0 radical (unpaired) electrons. The Morgan fingerprint density at radius 2 is 2.20 bits per heavy atom. The second-order valence-corrected chi connectivity index (χ2v) is 5.83. The quantitative estimate of drug-likeness (QED) is 0.905. The summed E-state index contributed by atoms with van der Waals surface area (Å²) in [7, 11) is 0. The van der Waals surface area contributed by atoms with Gasteiger partial charge in [-0.25, -0.2) is 0 Å². The van der Waals surface area contributed by atoms with Gasteiger partial charge in [-0.2, -0.15) is 0 Å². The van der Waals surface area contributed by atoms with Gasteiger partial charge in [0.1, 0.15) is 5.60 Å². The summed E-state index contributed by atoms with van der Waals surface area (Å²) in [4.78, 5) is 3.48. The maximum absolute atomic E-state index is 10.6. The van der Waals surface area contributed by atoms with Crippen LogP contribution in [0.3, 0.4) is 0 Å². The Kier molecular flexibility index (Phi) is 3.50. The lowest BCUT2D eigenvalue weighted by Crippen LogP contribution is -2.42. The number of halogens is 1. The number of nitrogens with zero attached hydrogens (tertiary/aromatic N) is 1. The third kappa shape index (κ3) is 2.28. The predicted molar refractivity (Wildman–Crippen MR) is 67.3 cm³/mol. The third-order valence-electron chi connectivity index (χ3n) is 3.17. The lowest BCUT2D eigenvalue weighted by atomic mass is 9.90. The van der Waals surface area contributed by atoms with Crippen molar-refractivity contribution in [2.24, 2.45) is 0 Å². The molecule has 0 aliphatic carbocycles. The molecule has 4 heteroatoms. The van der Waals surface area contributed by atoms with Crippen molar-refractivity contribution < 1.29 is 5.11 Å². The molecule has 1 fully saturated rings. The molecule has 0 bridgehead atoms. The summed E-state index contributed by atoms with van der Waals surface area (Å²) in [6, 6.07) is 2.02. The standard InChI is InChI=1S/C11H16BrNOS/c1-2-13-6-4-11(14,5-7-13)10-9(12)3-8-15-10/h3,8,14H,2,4-7H2,1H3. The van der Waals surface area contributed by atoms with Crippen LogP contribution in [-0.2, 0) is 5.60 Å². The van der Waals surface area contributed by atoms with Crippen LogP contribution in [0.15, 0.2) is 15.9 Å². The van der Waals surface area contributed by atoms with Crippen molar-refractivity contribution in [1.82, 2.24) is 4.90 Å². The maximum atomic E-state index is 10.6. The molecule has 0 atom stereocenters. The number of thiophene rings is 1. The van der Waals surface area contributed by atoms with E-state index in [0.717, 1.165) is 41.8 Å². The van der Waals surface area contributed by atoms with Crippen molar-refractivity contribution in [1.29, 1.82) is 0 Å². The highest BCUT2D eigenvalue weighted by Gasteiger charge is 2.35. The average Bonchev–Trinajstić information content (AvgIpc) is 2.66. The molecule has 0 aromatic carbocycles. The number of piperidine rings is 1. The fraction of sp³-hybridized carbons (Fsp3) is 0.636. The fourth-order valence-electron chi connectivity index (χ4n) is 2.09. The zero-order valence-electron chi connectivity index (χ0n) is 8.87. The van der Waals surface area contributed by atoms with Crippen LogP contribution >= 0.6 is 27.3 Å². The van der Waals surface area contributed by atoms with Crippen LogP contribution in [-0.4, -0.2) is 29.6 Å². The first kappa shape index (κ1) is 11.6. The van der Waals surface area contributed by atoms with Crippen molar-refractivity contribution in [3.8, 4) is 0 Å². The minimum absolute atomic E-state index is 0.599. The lowest BCUT2D eigenvalue weighted by molar-refractivity contribution is -0.0222. The first-order valence-corrected chi connectivity index (χ1v) is 7.01. The van der Waals surface area contributed by atoms with E-state index in [0.29, 0.717) is 0 Å². The first-order valence-electron chi connectivity index (χ1n) is 5.34. The SMILES string of the molecule is CCN1CCC(O)(c2sccc2Br)CC1. The van der Waals surface area contributed by atoms with Gasteiger partial charge in [-0.15, -0.1) is 11.3 Å². The third-order valence-corrected chi connectivity index (χ3v) is 5.20. The second kappa shape index (κ2) is 4.53. The molecule has 1 aromatic heterocycles. The zero-order valence-corrected chi connectivity index (χ0v) is 11.3. The van der Waals surface area contributed by atoms with Gasteiger partial charge in [0.15, 0.2) is 0 Å². The van der Waals surface area contributed by atoms with Crippen LogP contribution in [0.1, 0.15) is 24.6 Å². The minimum Gasteiger partial charge on any atom is -0.384 e. The predicted octanol–water partition coefficient (Wildman–Crippen LogP) is 2.81. The van der Waals surface area contributed by atoms with E-state index in [2.05, 4.69) is 27.8 Å². The van der Waals surface area contributed by atoms with Gasteiger partial charge in [0.05, 0.1) is 4.88 Å². The number of rotatable bonds is 2. The summed E-state index contributed by atoms with van der Waals surface area (Å²) in [5, 5.41) is 12.6. The first-order chi connectivity index (χ1) is 7.15. The number of hydrogen-bond acceptors (Lipinski definition) is 3. The van der Waals surface area contributed by atoms with Gasteiger partial charge >= 0.3 is 0 Å². The fourth-order valence-corrected chi connectivity index (χ4v) is 3.99. The number of hydrogen-bond donors (Lipinski definition) is 1. The lowest BCUT2D eigenvalue weighted by Gasteiger charge is -2.37. The van der Waals surface area contributed by atoms with E-state index < -0.39 is 5.60 Å². The molecular weight excluding hydrogens is 274 g/mol. The molecule has 0 unspecified atom stereocenters. The molecule has 84 valence electrons. The molecule has 0 saturated carbocycles. The van der Waals surface area contributed by atoms with Crippen LogP contribution < -0.4 is 0 Å². The van der Waals surface area contributed by atoms with Crippen molar-refractivity contribution in [3.63, 3.8) is 0 Å². The van der Waals surface area contributed by atoms with Crippen LogP contribution in [0.2, 0.25) is 0 Å². The highest BCUT2D eigenvalue weighted by atomic mass is 79.9. The van der Waals surface area contributed by atoms with Crippen LogP contribution in [0.25, 0.3) is 0 Å². The zero-order chi connectivity index (χ0) is 10.9. The summed E-state index contributed by atoms with van der Waals surface area (Å²) in [5.74, 6) is 0. The van der Waals surface area contributed by atoms with Crippen molar-refractivity contribution in [3.05, 3.63) is 20.8 Å². The largest absolute Gasteiger partial charge is 0.384 e. The van der Waals surface area contributed by atoms with E-state index in [1.807, 2.05) is 11.4 Å². The smallest absolute Gasteiger partial charge is 0.102 e. The van der Waals surface area contributed by atoms with E-state index in [9.17, 15) is 5.11 Å². The van der Waals surface area contributed by atoms with Gasteiger partial charge in [-0.1, -0.05) is 6.92 Å². The minimum atomic E-state index is -0.599.